The molecule has 3 rings (SSSR count). The predicted molar refractivity (Wildman–Crippen MR) is 89.7 cm³/mol. The van der Waals surface area contributed by atoms with E-state index in [0.717, 1.165) is 19.0 Å². The first kappa shape index (κ1) is 15.4. The van der Waals surface area contributed by atoms with Crippen molar-refractivity contribution in [2.45, 2.75) is 71.0 Å². The SMILES string of the molecule is CCC1CNC(C2CCCCC2)CN1Cc1nc(C)cs1. The van der Waals surface area contributed by atoms with Gasteiger partial charge >= 0.3 is 0 Å². The zero-order chi connectivity index (χ0) is 14.7. The molecule has 21 heavy (non-hydrogen) atoms. The molecular weight excluding hydrogens is 278 g/mol. The maximum Gasteiger partial charge on any atom is 0.107 e. The fourth-order valence-electron chi connectivity index (χ4n) is 3.98. The Balaban J connectivity index is 1.63. The summed E-state index contributed by atoms with van der Waals surface area (Å²) in [5.41, 5.74) is 1.17. The third-order valence-corrected chi connectivity index (χ3v) is 6.21. The number of nitrogens with one attached hydrogen (secondary N) is 1. The van der Waals surface area contributed by atoms with Crippen molar-refractivity contribution in [3.05, 3.63) is 16.1 Å². The van der Waals surface area contributed by atoms with Crippen LogP contribution in [0.25, 0.3) is 0 Å². The highest BCUT2D eigenvalue weighted by atomic mass is 32.1. The average molecular weight is 308 g/mol. The van der Waals surface area contributed by atoms with Crippen molar-refractivity contribution in [1.82, 2.24) is 15.2 Å². The Kier molecular flexibility index (Phi) is 5.30. The minimum atomic E-state index is 0.675. The molecule has 4 heteroatoms. The number of hydrogen-bond acceptors (Lipinski definition) is 4. The van der Waals surface area contributed by atoms with Gasteiger partial charge in [-0.2, -0.15) is 0 Å². The van der Waals surface area contributed by atoms with Crippen molar-refractivity contribution in [1.29, 1.82) is 0 Å². The Bertz CT molecular complexity index is 439. The minimum Gasteiger partial charge on any atom is -0.311 e. The molecule has 0 spiro atoms. The van der Waals surface area contributed by atoms with Crippen LogP contribution >= 0.6 is 11.3 Å². The van der Waals surface area contributed by atoms with Gasteiger partial charge in [-0.3, -0.25) is 4.90 Å². The minimum absolute atomic E-state index is 0.675. The third-order valence-electron chi connectivity index (χ3n) is 5.26. The van der Waals surface area contributed by atoms with Gasteiger partial charge < -0.3 is 5.32 Å². The van der Waals surface area contributed by atoms with Gasteiger partial charge in [0.05, 0.1) is 6.54 Å². The third kappa shape index (κ3) is 3.85. The summed E-state index contributed by atoms with van der Waals surface area (Å²) in [6.07, 6.45) is 8.41. The molecule has 1 aliphatic heterocycles. The Morgan fingerprint density at radius 3 is 2.81 bits per heavy atom. The van der Waals surface area contributed by atoms with Crippen molar-refractivity contribution >= 4 is 11.3 Å². The molecule has 2 aliphatic rings. The molecule has 0 aromatic carbocycles. The largest absolute Gasteiger partial charge is 0.311 e. The lowest BCUT2D eigenvalue weighted by molar-refractivity contribution is 0.0872. The van der Waals surface area contributed by atoms with E-state index in [2.05, 4.69) is 34.4 Å². The molecule has 3 nitrogen and oxygen atoms in total. The normalized spacial score (nSPS) is 28.9. The fourth-order valence-corrected chi connectivity index (χ4v) is 4.78. The molecule has 2 heterocycles. The quantitative estimate of drug-likeness (QED) is 0.921. The summed E-state index contributed by atoms with van der Waals surface area (Å²) >= 11 is 1.82. The zero-order valence-electron chi connectivity index (χ0n) is 13.5. The summed E-state index contributed by atoms with van der Waals surface area (Å²) in [5.74, 6) is 0.900. The van der Waals surface area contributed by atoms with Crippen LogP contribution in [-0.4, -0.2) is 35.1 Å². The molecule has 0 bridgehead atoms. The van der Waals surface area contributed by atoms with Crippen LogP contribution in [0.4, 0.5) is 0 Å². The lowest BCUT2D eigenvalue weighted by Crippen LogP contribution is -2.58. The maximum atomic E-state index is 4.67. The first-order chi connectivity index (χ1) is 10.3. The molecule has 1 saturated carbocycles. The van der Waals surface area contributed by atoms with Gasteiger partial charge in [-0.1, -0.05) is 26.2 Å². The highest BCUT2D eigenvalue weighted by Crippen LogP contribution is 2.29. The van der Waals surface area contributed by atoms with Crippen LogP contribution < -0.4 is 5.32 Å². The van der Waals surface area contributed by atoms with Gasteiger partial charge in [0, 0.05) is 36.2 Å². The van der Waals surface area contributed by atoms with E-state index in [-0.39, 0.29) is 0 Å². The van der Waals surface area contributed by atoms with E-state index in [1.54, 1.807) is 0 Å². The van der Waals surface area contributed by atoms with Gasteiger partial charge in [0.15, 0.2) is 0 Å². The fraction of sp³-hybridized carbons (Fsp3) is 0.824. The van der Waals surface area contributed by atoms with E-state index in [1.165, 1.54) is 55.8 Å². The topological polar surface area (TPSA) is 28.2 Å². The summed E-state index contributed by atoms with van der Waals surface area (Å²) in [6.45, 7) is 7.82. The molecule has 1 aromatic heterocycles. The predicted octanol–water partition coefficient (Wildman–Crippen LogP) is 3.58. The molecule has 0 radical (unpaired) electrons. The number of thiazole rings is 1. The highest BCUT2D eigenvalue weighted by Gasteiger charge is 2.32. The molecule has 1 aliphatic carbocycles. The molecule has 0 amide bonds. The number of rotatable bonds is 4. The Morgan fingerprint density at radius 2 is 2.14 bits per heavy atom. The first-order valence-electron chi connectivity index (χ1n) is 8.64. The Labute approximate surface area is 133 Å². The van der Waals surface area contributed by atoms with Crippen LogP contribution in [0, 0.1) is 12.8 Å². The van der Waals surface area contributed by atoms with E-state index in [0.29, 0.717) is 12.1 Å². The van der Waals surface area contributed by atoms with Gasteiger partial charge in [-0.15, -0.1) is 11.3 Å². The van der Waals surface area contributed by atoms with Gasteiger partial charge in [-0.05, 0) is 32.1 Å². The lowest BCUT2D eigenvalue weighted by Gasteiger charge is -2.43. The maximum absolute atomic E-state index is 4.67. The van der Waals surface area contributed by atoms with E-state index < -0.39 is 0 Å². The summed E-state index contributed by atoms with van der Waals surface area (Å²) < 4.78 is 0. The molecule has 2 fully saturated rings. The second-order valence-corrected chi connectivity index (χ2v) is 7.73. The van der Waals surface area contributed by atoms with Crippen LogP contribution in [0.5, 0.6) is 0 Å². The Morgan fingerprint density at radius 1 is 1.33 bits per heavy atom. The van der Waals surface area contributed by atoms with Crippen LogP contribution in [0.2, 0.25) is 0 Å². The van der Waals surface area contributed by atoms with E-state index in [9.17, 15) is 0 Å². The molecule has 2 atom stereocenters. The average Bonchev–Trinajstić information content (AvgIpc) is 2.93. The van der Waals surface area contributed by atoms with Gasteiger partial charge in [0.1, 0.15) is 5.01 Å². The van der Waals surface area contributed by atoms with E-state index >= 15 is 0 Å². The van der Waals surface area contributed by atoms with Crippen molar-refractivity contribution in [3.63, 3.8) is 0 Å². The van der Waals surface area contributed by atoms with Crippen molar-refractivity contribution in [3.8, 4) is 0 Å². The number of hydrogen-bond donors (Lipinski definition) is 1. The first-order valence-corrected chi connectivity index (χ1v) is 9.52. The lowest BCUT2D eigenvalue weighted by atomic mass is 9.82. The van der Waals surface area contributed by atoms with Crippen LogP contribution in [0.3, 0.4) is 0 Å². The molecule has 1 aromatic rings. The molecule has 118 valence electrons. The second-order valence-electron chi connectivity index (χ2n) is 6.79. The summed E-state index contributed by atoms with van der Waals surface area (Å²) in [6, 6.07) is 1.38. The standard InChI is InChI=1S/C17H29N3S/c1-3-15-9-18-16(14-7-5-4-6-8-14)10-20(15)11-17-19-13(2)12-21-17/h12,14-16,18H,3-11H2,1-2H3. The molecular formula is C17H29N3S. The van der Waals surface area contributed by atoms with E-state index in [4.69, 9.17) is 0 Å². The Hall–Kier alpha value is -0.450. The highest BCUT2D eigenvalue weighted by molar-refractivity contribution is 7.09. The molecule has 1 N–H and O–H groups in total. The number of aryl methyl sites for hydroxylation is 1. The van der Waals surface area contributed by atoms with Crippen molar-refractivity contribution < 1.29 is 0 Å². The van der Waals surface area contributed by atoms with Crippen molar-refractivity contribution in [2.75, 3.05) is 13.1 Å². The molecule has 1 saturated heterocycles. The summed E-state index contributed by atoms with van der Waals surface area (Å²) in [5, 5.41) is 7.32. The monoisotopic (exact) mass is 307 g/mol. The van der Waals surface area contributed by atoms with Crippen LogP contribution in [-0.2, 0) is 6.54 Å². The van der Waals surface area contributed by atoms with E-state index in [1.807, 2.05) is 11.3 Å². The van der Waals surface area contributed by atoms with Gasteiger partial charge in [-0.25, -0.2) is 4.98 Å². The zero-order valence-corrected chi connectivity index (χ0v) is 14.3. The van der Waals surface area contributed by atoms with Crippen LogP contribution in [0.15, 0.2) is 5.38 Å². The number of aromatic nitrogens is 1. The summed E-state index contributed by atoms with van der Waals surface area (Å²) in [4.78, 5) is 7.36. The second kappa shape index (κ2) is 7.21. The number of nitrogens with zero attached hydrogens (tertiary/aromatic N) is 2. The smallest absolute Gasteiger partial charge is 0.107 e. The van der Waals surface area contributed by atoms with Crippen molar-refractivity contribution in [2.24, 2.45) is 5.92 Å². The number of piperazine rings is 1. The van der Waals surface area contributed by atoms with Gasteiger partial charge in [0.2, 0.25) is 0 Å². The van der Waals surface area contributed by atoms with Crippen LogP contribution in [0.1, 0.15) is 56.2 Å². The summed E-state index contributed by atoms with van der Waals surface area (Å²) in [7, 11) is 0. The van der Waals surface area contributed by atoms with Gasteiger partial charge in [0.25, 0.3) is 0 Å². The molecule has 2 unspecified atom stereocenters.